The molecule has 1 atom stereocenters. The summed E-state index contributed by atoms with van der Waals surface area (Å²) in [5, 5.41) is 11.4. The Labute approximate surface area is 234 Å². The number of Topliss-reactive ketones (excluding diaryl/α,β-unsaturated/α-hetero) is 1. The van der Waals surface area contributed by atoms with Gasteiger partial charge in [-0.05, 0) is 71.6 Å². The van der Waals surface area contributed by atoms with Gasteiger partial charge in [-0.2, -0.15) is 0 Å². The lowest BCUT2D eigenvalue weighted by atomic mass is 9.95. The second-order valence-electron chi connectivity index (χ2n) is 10.0. The second kappa shape index (κ2) is 11.5. The molecule has 1 aliphatic heterocycles. The molecule has 5 rings (SSSR count). The zero-order valence-electron chi connectivity index (χ0n) is 22.7. The van der Waals surface area contributed by atoms with E-state index in [1.807, 2.05) is 80.5 Å². The lowest BCUT2D eigenvalue weighted by Gasteiger charge is -2.26. The highest BCUT2D eigenvalue weighted by Gasteiger charge is 2.46. The summed E-state index contributed by atoms with van der Waals surface area (Å²) < 4.78 is 5.94. The van der Waals surface area contributed by atoms with E-state index < -0.39 is 17.7 Å². The third-order valence-electron chi connectivity index (χ3n) is 7.12. The average Bonchev–Trinajstić information content (AvgIpc) is 3.22. The van der Waals surface area contributed by atoms with Crippen LogP contribution in [0.3, 0.4) is 0 Å². The Hall–Kier alpha value is -4.91. The fraction of sp³-hybridized carbons (Fsp3) is 0.182. The van der Waals surface area contributed by atoms with Gasteiger partial charge in [0.15, 0.2) is 0 Å². The molecule has 1 aromatic heterocycles. The van der Waals surface area contributed by atoms with Crippen LogP contribution in [0, 0.1) is 6.92 Å². The number of aliphatic hydroxyl groups excluding tert-OH is 1. The SMILES string of the molecule is Cc1ccccc1COc1ccc(/C(O)=C2/C(=O)C(=O)N(Cc3cccnc3)C2c2ccc(N(C)C)cc2)cc1. The van der Waals surface area contributed by atoms with Crippen molar-refractivity contribution in [2.24, 2.45) is 0 Å². The van der Waals surface area contributed by atoms with E-state index in [2.05, 4.69) is 4.98 Å². The minimum Gasteiger partial charge on any atom is -0.507 e. The van der Waals surface area contributed by atoms with Crippen LogP contribution in [0.2, 0.25) is 0 Å². The van der Waals surface area contributed by atoms with E-state index in [0.717, 1.165) is 27.9 Å². The summed E-state index contributed by atoms with van der Waals surface area (Å²) in [6.07, 6.45) is 3.32. The number of aromatic nitrogens is 1. The number of hydrogen-bond acceptors (Lipinski definition) is 6. The third kappa shape index (κ3) is 5.45. The smallest absolute Gasteiger partial charge is 0.295 e. The van der Waals surface area contributed by atoms with Gasteiger partial charge in [-0.15, -0.1) is 0 Å². The molecule has 1 unspecified atom stereocenters. The predicted molar refractivity (Wildman–Crippen MR) is 155 cm³/mol. The van der Waals surface area contributed by atoms with Crippen molar-refractivity contribution in [2.45, 2.75) is 26.1 Å². The lowest BCUT2D eigenvalue weighted by Crippen LogP contribution is -2.29. The Balaban J connectivity index is 1.48. The topological polar surface area (TPSA) is 83.0 Å². The van der Waals surface area contributed by atoms with Gasteiger partial charge >= 0.3 is 0 Å². The van der Waals surface area contributed by atoms with Crippen LogP contribution in [0.15, 0.2) is 103 Å². The fourth-order valence-corrected chi connectivity index (χ4v) is 4.83. The van der Waals surface area contributed by atoms with Gasteiger partial charge in [-0.3, -0.25) is 14.6 Å². The average molecular weight is 534 g/mol. The van der Waals surface area contributed by atoms with Crippen LogP contribution in [0.1, 0.15) is 33.9 Å². The highest BCUT2D eigenvalue weighted by atomic mass is 16.5. The van der Waals surface area contributed by atoms with E-state index in [0.29, 0.717) is 17.9 Å². The van der Waals surface area contributed by atoms with E-state index >= 15 is 0 Å². The summed E-state index contributed by atoms with van der Waals surface area (Å²) in [7, 11) is 3.88. The summed E-state index contributed by atoms with van der Waals surface area (Å²) in [4.78, 5) is 34.3. The van der Waals surface area contributed by atoms with Gasteiger partial charge in [0.25, 0.3) is 11.7 Å². The van der Waals surface area contributed by atoms with Crippen molar-refractivity contribution in [3.05, 3.63) is 131 Å². The Kier molecular flexibility index (Phi) is 7.64. The number of carbonyl (C=O) groups excluding carboxylic acids is 2. The number of likely N-dealkylation sites (tertiary alicyclic amines) is 1. The molecule has 1 amide bonds. The van der Waals surface area contributed by atoms with Crippen molar-refractivity contribution in [1.29, 1.82) is 0 Å². The fourth-order valence-electron chi connectivity index (χ4n) is 4.83. The zero-order chi connectivity index (χ0) is 28.2. The molecule has 0 aliphatic carbocycles. The standard InChI is InChI=1S/C33H31N3O4/c1-22-7-4-5-9-26(22)21-40-28-16-12-25(13-17-28)31(37)29-30(24-10-14-27(15-11-24)35(2)3)36(33(39)32(29)38)20-23-8-6-18-34-19-23/h4-19,30,37H,20-21H2,1-3H3/b31-29-. The molecule has 0 radical (unpaired) electrons. The quantitative estimate of drug-likeness (QED) is 0.179. The van der Waals surface area contributed by atoms with Crippen LogP contribution in [0.4, 0.5) is 5.69 Å². The van der Waals surface area contributed by atoms with E-state index in [4.69, 9.17) is 4.74 Å². The molecule has 7 heteroatoms. The number of anilines is 1. The maximum Gasteiger partial charge on any atom is 0.295 e. The van der Waals surface area contributed by atoms with Crippen molar-refractivity contribution >= 4 is 23.1 Å². The largest absolute Gasteiger partial charge is 0.507 e. The number of nitrogens with zero attached hydrogens (tertiary/aromatic N) is 3. The molecule has 0 saturated carbocycles. The van der Waals surface area contributed by atoms with Gasteiger partial charge < -0.3 is 19.6 Å². The number of ketones is 1. The number of rotatable bonds is 8. The predicted octanol–water partition coefficient (Wildman–Crippen LogP) is 5.66. The number of carbonyl (C=O) groups is 2. The Morgan fingerprint density at radius 1 is 0.950 bits per heavy atom. The van der Waals surface area contributed by atoms with Crippen molar-refractivity contribution in [1.82, 2.24) is 9.88 Å². The molecule has 40 heavy (non-hydrogen) atoms. The molecule has 4 aromatic rings. The highest BCUT2D eigenvalue weighted by Crippen LogP contribution is 2.40. The van der Waals surface area contributed by atoms with Crippen molar-refractivity contribution in [2.75, 3.05) is 19.0 Å². The summed E-state index contributed by atoms with van der Waals surface area (Å²) in [6, 6.07) is 25.4. The van der Waals surface area contributed by atoms with Crippen LogP contribution < -0.4 is 9.64 Å². The van der Waals surface area contributed by atoms with E-state index in [1.165, 1.54) is 4.90 Å². The molecule has 0 spiro atoms. The summed E-state index contributed by atoms with van der Waals surface area (Å²) in [5.74, 6) is -0.972. The first-order valence-electron chi connectivity index (χ1n) is 13.1. The first-order chi connectivity index (χ1) is 19.3. The number of aliphatic hydroxyl groups is 1. The molecule has 0 bridgehead atoms. The minimum absolute atomic E-state index is 0.0556. The van der Waals surface area contributed by atoms with E-state index in [-0.39, 0.29) is 17.9 Å². The van der Waals surface area contributed by atoms with Gasteiger partial charge in [-0.25, -0.2) is 0 Å². The van der Waals surface area contributed by atoms with Crippen LogP contribution in [0.25, 0.3) is 5.76 Å². The molecule has 1 N–H and O–H groups in total. The second-order valence-corrected chi connectivity index (χ2v) is 10.0. The molecule has 3 aromatic carbocycles. The van der Waals surface area contributed by atoms with Gasteiger partial charge in [0.1, 0.15) is 18.1 Å². The van der Waals surface area contributed by atoms with Crippen molar-refractivity contribution in [3.8, 4) is 5.75 Å². The number of hydrogen-bond donors (Lipinski definition) is 1. The van der Waals surface area contributed by atoms with Crippen molar-refractivity contribution in [3.63, 3.8) is 0 Å². The normalized spacial score (nSPS) is 16.3. The molecule has 1 saturated heterocycles. The molecule has 7 nitrogen and oxygen atoms in total. The summed E-state index contributed by atoms with van der Waals surface area (Å²) in [6.45, 7) is 2.63. The maximum absolute atomic E-state index is 13.4. The van der Waals surface area contributed by atoms with Crippen LogP contribution >= 0.6 is 0 Å². The van der Waals surface area contributed by atoms with Crippen LogP contribution in [-0.2, 0) is 22.7 Å². The Morgan fingerprint density at radius 2 is 1.68 bits per heavy atom. The molecule has 1 aliphatic rings. The molecular formula is C33H31N3O4. The summed E-state index contributed by atoms with van der Waals surface area (Å²) >= 11 is 0. The molecular weight excluding hydrogens is 502 g/mol. The van der Waals surface area contributed by atoms with Crippen molar-refractivity contribution < 1.29 is 19.4 Å². The lowest BCUT2D eigenvalue weighted by molar-refractivity contribution is -0.140. The first-order valence-corrected chi connectivity index (χ1v) is 13.1. The first kappa shape index (κ1) is 26.7. The number of amides is 1. The van der Waals surface area contributed by atoms with E-state index in [1.54, 1.807) is 42.7 Å². The molecule has 1 fully saturated rings. The number of ether oxygens (including phenoxy) is 1. The van der Waals surface area contributed by atoms with Gasteiger partial charge in [-0.1, -0.05) is 42.5 Å². The Bertz CT molecular complexity index is 1550. The Morgan fingerprint density at radius 3 is 2.33 bits per heavy atom. The zero-order valence-corrected chi connectivity index (χ0v) is 22.7. The number of benzene rings is 3. The van der Waals surface area contributed by atoms with E-state index in [9.17, 15) is 14.7 Å². The molecule has 2 heterocycles. The number of pyridine rings is 1. The van der Waals surface area contributed by atoms with Gasteiger partial charge in [0.2, 0.25) is 0 Å². The van der Waals surface area contributed by atoms with Crippen LogP contribution in [-0.4, -0.2) is 40.8 Å². The van der Waals surface area contributed by atoms with Gasteiger partial charge in [0, 0.05) is 44.3 Å². The summed E-state index contributed by atoms with van der Waals surface area (Å²) in [5.41, 5.74) is 5.21. The highest BCUT2D eigenvalue weighted by molar-refractivity contribution is 6.46. The number of aryl methyl sites for hydroxylation is 1. The minimum atomic E-state index is -0.756. The van der Waals surface area contributed by atoms with Gasteiger partial charge in [0.05, 0.1) is 11.6 Å². The van der Waals surface area contributed by atoms with Crippen LogP contribution in [0.5, 0.6) is 5.75 Å². The monoisotopic (exact) mass is 533 g/mol. The molecule has 202 valence electrons. The third-order valence-corrected chi connectivity index (χ3v) is 7.12. The maximum atomic E-state index is 13.4.